The molecule has 2 heterocycles. The first-order valence-corrected chi connectivity index (χ1v) is 7.70. The highest BCUT2D eigenvalue weighted by molar-refractivity contribution is 5.98. The third-order valence-corrected chi connectivity index (χ3v) is 4.12. The molecule has 2 amide bonds. The fourth-order valence-corrected chi connectivity index (χ4v) is 3.04. The van der Waals surface area contributed by atoms with Crippen molar-refractivity contribution in [1.82, 2.24) is 15.2 Å². The maximum absolute atomic E-state index is 12.8. The minimum absolute atomic E-state index is 0.00794. The number of fused-ring (bicyclic) bond motifs is 1. The lowest BCUT2D eigenvalue weighted by Crippen LogP contribution is -2.59. The van der Waals surface area contributed by atoms with E-state index in [1.165, 1.54) is 6.07 Å². The number of amides is 2. The summed E-state index contributed by atoms with van der Waals surface area (Å²) >= 11 is 0. The van der Waals surface area contributed by atoms with Crippen molar-refractivity contribution in [2.75, 3.05) is 13.1 Å². The quantitative estimate of drug-likeness (QED) is 0.872. The molecule has 6 heteroatoms. The zero-order valence-corrected chi connectivity index (χ0v) is 13.1. The van der Waals surface area contributed by atoms with Crippen LogP contribution >= 0.6 is 0 Å². The van der Waals surface area contributed by atoms with Gasteiger partial charge < -0.3 is 15.2 Å². The summed E-state index contributed by atoms with van der Waals surface area (Å²) < 4.78 is 0. The van der Waals surface area contributed by atoms with Crippen LogP contribution in [0.2, 0.25) is 0 Å². The zero-order valence-electron chi connectivity index (χ0n) is 13.1. The molecule has 0 spiro atoms. The molecule has 2 N–H and O–H groups in total. The molecule has 3 rings (SSSR count). The first-order chi connectivity index (χ1) is 11.0. The molecule has 2 aromatic rings. The van der Waals surface area contributed by atoms with E-state index in [1.54, 1.807) is 29.2 Å². The molecule has 0 bridgehead atoms. The third kappa shape index (κ3) is 2.72. The van der Waals surface area contributed by atoms with Gasteiger partial charge in [0.1, 0.15) is 11.7 Å². The lowest BCUT2D eigenvalue weighted by Gasteiger charge is -2.37. The molecule has 6 nitrogen and oxygen atoms in total. The van der Waals surface area contributed by atoms with Crippen LogP contribution in [0.5, 0.6) is 0 Å². The van der Waals surface area contributed by atoms with Crippen molar-refractivity contribution in [3.8, 4) is 0 Å². The lowest BCUT2D eigenvalue weighted by molar-refractivity contribution is -0.129. The number of rotatable bonds is 2. The van der Waals surface area contributed by atoms with Crippen molar-refractivity contribution < 1.29 is 9.59 Å². The van der Waals surface area contributed by atoms with Gasteiger partial charge in [-0.25, -0.2) is 0 Å². The number of benzene rings is 1. The van der Waals surface area contributed by atoms with E-state index in [9.17, 15) is 14.4 Å². The van der Waals surface area contributed by atoms with Gasteiger partial charge in [0.15, 0.2) is 5.43 Å². The Kier molecular flexibility index (Phi) is 3.90. The number of nitrogens with one attached hydrogen (secondary N) is 2. The minimum atomic E-state index is -0.522. The number of aromatic nitrogens is 1. The molecule has 0 aliphatic carbocycles. The Morgan fingerprint density at radius 3 is 2.74 bits per heavy atom. The van der Waals surface area contributed by atoms with E-state index in [0.29, 0.717) is 24.0 Å². The monoisotopic (exact) mass is 313 g/mol. The summed E-state index contributed by atoms with van der Waals surface area (Å²) in [4.78, 5) is 41.7. The van der Waals surface area contributed by atoms with Crippen LogP contribution in [0.1, 0.15) is 24.3 Å². The van der Waals surface area contributed by atoms with Crippen LogP contribution in [0.3, 0.4) is 0 Å². The van der Waals surface area contributed by atoms with Gasteiger partial charge in [0.2, 0.25) is 5.91 Å². The van der Waals surface area contributed by atoms with Crippen LogP contribution in [0, 0.1) is 5.92 Å². The van der Waals surface area contributed by atoms with E-state index >= 15 is 0 Å². The number of hydrogen-bond acceptors (Lipinski definition) is 3. The normalized spacial score (nSPS) is 18.3. The predicted octanol–water partition coefficient (Wildman–Crippen LogP) is 1.12. The van der Waals surface area contributed by atoms with E-state index in [2.05, 4.69) is 10.3 Å². The summed E-state index contributed by atoms with van der Waals surface area (Å²) in [6.07, 6.45) is 0. The first kappa shape index (κ1) is 15.3. The molecule has 1 atom stereocenters. The van der Waals surface area contributed by atoms with Gasteiger partial charge in [0.25, 0.3) is 5.91 Å². The highest BCUT2D eigenvalue weighted by atomic mass is 16.2. The number of carbonyl (C=O) groups excluding carboxylic acids is 2. The second-order valence-electron chi connectivity index (χ2n) is 6.07. The number of aromatic amines is 1. The Morgan fingerprint density at radius 1 is 1.26 bits per heavy atom. The molecule has 1 saturated heterocycles. The number of H-pyrrole nitrogens is 1. The van der Waals surface area contributed by atoms with Gasteiger partial charge in [-0.05, 0) is 18.1 Å². The van der Waals surface area contributed by atoms with E-state index in [4.69, 9.17) is 0 Å². The van der Waals surface area contributed by atoms with Crippen molar-refractivity contribution in [1.29, 1.82) is 0 Å². The zero-order chi connectivity index (χ0) is 16.6. The summed E-state index contributed by atoms with van der Waals surface area (Å²) in [5.74, 6) is -0.476. The SMILES string of the molecule is CC(C)[C@H]1C(=O)NCCN1C(=O)c1cc(=O)c2ccccc2[nH]1. The Balaban J connectivity index is 2.02. The molecule has 1 aliphatic heterocycles. The van der Waals surface area contributed by atoms with Gasteiger partial charge in [-0.3, -0.25) is 14.4 Å². The summed E-state index contributed by atoms with van der Waals surface area (Å²) in [6.45, 7) is 4.66. The van der Waals surface area contributed by atoms with Gasteiger partial charge in [-0.1, -0.05) is 26.0 Å². The molecule has 120 valence electrons. The molecule has 1 aromatic heterocycles. The smallest absolute Gasteiger partial charge is 0.271 e. The van der Waals surface area contributed by atoms with E-state index in [0.717, 1.165) is 0 Å². The molecule has 1 fully saturated rings. The third-order valence-electron chi connectivity index (χ3n) is 4.12. The van der Waals surface area contributed by atoms with Gasteiger partial charge in [-0.15, -0.1) is 0 Å². The topological polar surface area (TPSA) is 82.3 Å². The first-order valence-electron chi connectivity index (χ1n) is 7.70. The molecule has 1 aliphatic rings. The number of nitrogens with zero attached hydrogens (tertiary/aromatic N) is 1. The fraction of sp³-hybridized carbons (Fsp3) is 0.353. The maximum atomic E-state index is 12.8. The number of piperazine rings is 1. The van der Waals surface area contributed by atoms with E-state index in [1.807, 2.05) is 13.8 Å². The Bertz CT molecular complexity index is 825. The van der Waals surface area contributed by atoms with E-state index in [-0.39, 0.29) is 28.9 Å². The van der Waals surface area contributed by atoms with Gasteiger partial charge in [-0.2, -0.15) is 0 Å². The Morgan fingerprint density at radius 2 is 2.00 bits per heavy atom. The lowest BCUT2D eigenvalue weighted by atomic mass is 9.99. The molecule has 0 radical (unpaired) electrons. The second-order valence-corrected chi connectivity index (χ2v) is 6.07. The van der Waals surface area contributed by atoms with Crippen molar-refractivity contribution in [2.24, 2.45) is 5.92 Å². The summed E-state index contributed by atoms with van der Waals surface area (Å²) in [5, 5.41) is 3.33. The van der Waals surface area contributed by atoms with E-state index < -0.39 is 6.04 Å². The minimum Gasteiger partial charge on any atom is -0.353 e. The second kappa shape index (κ2) is 5.87. The molecule has 1 aromatic carbocycles. The van der Waals surface area contributed by atoms with Crippen LogP contribution in [0.4, 0.5) is 0 Å². The van der Waals surface area contributed by atoms with Crippen LogP contribution < -0.4 is 10.7 Å². The average Bonchev–Trinajstić information content (AvgIpc) is 2.53. The largest absolute Gasteiger partial charge is 0.353 e. The standard InChI is InChI=1S/C17H19N3O3/c1-10(2)15-16(22)18-7-8-20(15)17(23)13-9-14(21)11-5-3-4-6-12(11)19-13/h3-6,9-10,15H,7-8H2,1-2H3,(H,18,22)(H,19,21)/t15-/m0/s1. The maximum Gasteiger partial charge on any atom is 0.271 e. The van der Waals surface area contributed by atoms with Crippen LogP contribution in [0.25, 0.3) is 10.9 Å². The predicted molar refractivity (Wildman–Crippen MR) is 87.2 cm³/mol. The van der Waals surface area contributed by atoms with Crippen molar-refractivity contribution in [3.05, 3.63) is 46.2 Å². The molecule has 0 saturated carbocycles. The van der Waals surface area contributed by atoms with Gasteiger partial charge >= 0.3 is 0 Å². The summed E-state index contributed by atoms with van der Waals surface area (Å²) in [7, 11) is 0. The molecule has 23 heavy (non-hydrogen) atoms. The number of para-hydroxylation sites is 1. The molecular weight excluding hydrogens is 294 g/mol. The van der Waals surface area contributed by atoms with Crippen LogP contribution in [-0.4, -0.2) is 40.8 Å². The van der Waals surface area contributed by atoms with Gasteiger partial charge in [0, 0.05) is 30.1 Å². The van der Waals surface area contributed by atoms with Crippen molar-refractivity contribution >= 4 is 22.7 Å². The van der Waals surface area contributed by atoms with Crippen LogP contribution in [-0.2, 0) is 4.79 Å². The van der Waals surface area contributed by atoms with Crippen LogP contribution in [0.15, 0.2) is 35.1 Å². The number of carbonyl (C=O) groups is 2. The number of hydrogen-bond donors (Lipinski definition) is 2. The fourth-order valence-electron chi connectivity index (χ4n) is 3.04. The highest BCUT2D eigenvalue weighted by Crippen LogP contribution is 2.17. The molecular formula is C17H19N3O3. The van der Waals surface area contributed by atoms with Crippen molar-refractivity contribution in [3.63, 3.8) is 0 Å². The Hall–Kier alpha value is -2.63. The summed E-state index contributed by atoms with van der Waals surface area (Å²) in [5.41, 5.74) is 0.630. The molecule has 0 unspecified atom stereocenters. The van der Waals surface area contributed by atoms with Crippen molar-refractivity contribution in [2.45, 2.75) is 19.9 Å². The number of pyridine rings is 1. The van der Waals surface area contributed by atoms with Gasteiger partial charge in [0.05, 0.1) is 0 Å². The summed E-state index contributed by atoms with van der Waals surface area (Å²) in [6, 6.07) is 7.85. The average molecular weight is 313 g/mol. The highest BCUT2D eigenvalue weighted by Gasteiger charge is 2.35. The Labute approximate surface area is 133 Å².